The van der Waals surface area contributed by atoms with Crippen LogP contribution in [0, 0.1) is 5.41 Å². The predicted molar refractivity (Wildman–Crippen MR) is 74.8 cm³/mol. The van der Waals surface area contributed by atoms with Crippen molar-refractivity contribution in [1.29, 1.82) is 0 Å². The van der Waals surface area contributed by atoms with Crippen LogP contribution in [0.4, 0.5) is 0 Å². The molecule has 1 aliphatic rings. The molecule has 0 aliphatic heterocycles. The lowest BCUT2D eigenvalue weighted by Crippen LogP contribution is -2.43. The summed E-state index contributed by atoms with van der Waals surface area (Å²) in [6, 6.07) is 0. The zero-order valence-electron chi connectivity index (χ0n) is 11.0. The van der Waals surface area contributed by atoms with Crippen molar-refractivity contribution in [3.63, 3.8) is 0 Å². The van der Waals surface area contributed by atoms with Crippen LogP contribution in [0.25, 0.3) is 0 Å². The molecule has 1 rings (SSSR count). The summed E-state index contributed by atoms with van der Waals surface area (Å²) in [4.78, 5) is 2.32. The van der Waals surface area contributed by atoms with Gasteiger partial charge in [0, 0.05) is 26.7 Å². The third-order valence-corrected chi connectivity index (χ3v) is 4.51. The summed E-state index contributed by atoms with van der Waals surface area (Å²) in [7, 11) is 1.73. The maximum absolute atomic E-state index is 9.12. The minimum atomic E-state index is 0.229. The van der Waals surface area contributed by atoms with E-state index in [1.807, 2.05) is 0 Å². The molecule has 0 amide bonds. The van der Waals surface area contributed by atoms with Gasteiger partial charge in [-0.15, -0.1) is 0 Å². The maximum Gasteiger partial charge on any atom is 0.0589 e. The molecule has 0 bridgehead atoms. The van der Waals surface area contributed by atoms with Crippen molar-refractivity contribution in [2.45, 2.75) is 32.1 Å². The minimum Gasteiger partial charge on any atom is -0.395 e. The van der Waals surface area contributed by atoms with Crippen molar-refractivity contribution < 1.29 is 9.84 Å². The van der Waals surface area contributed by atoms with Gasteiger partial charge in [0.2, 0.25) is 0 Å². The average molecular weight is 261 g/mol. The smallest absolute Gasteiger partial charge is 0.0589 e. The number of ether oxygens (including phenoxy) is 1. The Morgan fingerprint density at radius 2 is 1.94 bits per heavy atom. The lowest BCUT2D eigenvalue weighted by molar-refractivity contribution is 0.0807. The van der Waals surface area contributed by atoms with Gasteiger partial charge < -0.3 is 9.84 Å². The molecule has 0 radical (unpaired) electrons. The first kappa shape index (κ1) is 15.3. The molecule has 3 nitrogen and oxygen atoms in total. The van der Waals surface area contributed by atoms with Crippen LogP contribution in [0.15, 0.2) is 0 Å². The van der Waals surface area contributed by atoms with E-state index in [1.54, 1.807) is 7.11 Å². The molecule has 0 saturated heterocycles. The second kappa shape index (κ2) is 8.35. The van der Waals surface area contributed by atoms with Gasteiger partial charge in [-0.3, -0.25) is 4.90 Å². The Morgan fingerprint density at radius 1 is 1.24 bits per heavy atom. The van der Waals surface area contributed by atoms with Crippen LogP contribution in [0.2, 0.25) is 0 Å². The highest BCUT2D eigenvalue weighted by Gasteiger charge is 2.32. The van der Waals surface area contributed by atoms with Gasteiger partial charge >= 0.3 is 0 Å². The highest BCUT2D eigenvalue weighted by atomic mass is 32.1. The van der Waals surface area contributed by atoms with Gasteiger partial charge in [0.1, 0.15) is 0 Å². The molecule has 1 fully saturated rings. The number of aliphatic hydroxyl groups is 1. The molecule has 0 spiro atoms. The molecule has 4 heteroatoms. The van der Waals surface area contributed by atoms with Crippen molar-refractivity contribution in [3.05, 3.63) is 0 Å². The second-order valence-corrected chi connectivity index (χ2v) is 5.53. The first-order valence-electron chi connectivity index (χ1n) is 6.69. The molecule has 0 aromatic heterocycles. The minimum absolute atomic E-state index is 0.229. The third kappa shape index (κ3) is 5.16. The van der Waals surface area contributed by atoms with E-state index < -0.39 is 0 Å². The molecule has 0 aromatic carbocycles. The first-order chi connectivity index (χ1) is 8.26. The van der Waals surface area contributed by atoms with E-state index in [1.165, 1.54) is 32.1 Å². The molecule has 17 heavy (non-hydrogen) atoms. The molecule has 1 saturated carbocycles. The Hall–Kier alpha value is 0.230. The summed E-state index contributed by atoms with van der Waals surface area (Å²) >= 11 is 4.56. The highest BCUT2D eigenvalue weighted by Crippen LogP contribution is 2.37. The lowest BCUT2D eigenvalue weighted by atomic mass is 9.75. The normalized spacial score (nSPS) is 19.8. The summed E-state index contributed by atoms with van der Waals surface area (Å²) < 4.78 is 5.13. The number of aliphatic hydroxyl groups excluding tert-OH is 1. The molecular formula is C13H27NO2S. The molecule has 0 aromatic rings. The van der Waals surface area contributed by atoms with E-state index >= 15 is 0 Å². The Kier molecular flexibility index (Phi) is 7.51. The molecule has 0 heterocycles. The Balaban J connectivity index is 2.48. The van der Waals surface area contributed by atoms with Gasteiger partial charge in [-0.2, -0.15) is 12.6 Å². The van der Waals surface area contributed by atoms with Gasteiger partial charge in [0.25, 0.3) is 0 Å². The van der Waals surface area contributed by atoms with Gasteiger partial charge in [0.05, 0.1) is 13.2 Å². The van der Waals surface area contributed by atoms with Crippen LogP contribution in [-0.2, 0) is 4.74 Å². The Bertz CT molecular complexity index is 196. The van der Waals surface area contributed by atoms with Crippen molar-refractivity contribution >= 4 is 12.6 Å². The van der Waals surface area contributed by atoms with Crippen molar-refractivity contribution in [3.8, 4) is 0 Å². The topological polar surface area (TPSA) is 32.7 Å². The summed E-state index contributed by atoms with van der Waals surface area (Å²) in [6.45, 7) is 3.68. The van der Waals surface area contributed by atoms with Crippen LogP contribution in [0.5, 0.6) is 0 Å². The van der Waals surface area contributed by atoms with Crippen molar-refractivity contribution in [1.82, 2.24) is 4.90 Å². The maximum atomic E-state index is 9.12. The molecule has 0 atom stereocenters. The van der Waals surface area contributed by atoms with Crippen molar-refractivity contribution in [2.24, 2.45) is 5.41 Å². The number of hydrogen-bond acceptors (Lipinski definition) is 4. The Labute approximate surface area is 111 Å². The first-order valence-corrected chi connectivity index (χ1v) is 7.32. The van der Waals surface area contributed by atoms with E-state index in [4.69, 9.17) is 9.84 Å². The largest absolute Gasteiger partial charge is 0.395 e. The van der Waals surface area contributed by atoms with Crippen LogP contribution < -0.4 is 0 Å². The number of rotatable bonds is 8. The monoisotopic (exact) mass is 261 g/mol. The van der Waals surface area contributed by atoms with Crippen LogP contribution in [-0.4, -0.2) is 55.7 Å². The molecule has 102 valence electrons. The fourth-order valence-corrected chi connectivity index (χ4v) is 3.19. The molecule has 0 unspecified atom stereocenters. The molecule has 1 aliphatic carbocycles. The summed E-state index contributed by atoms with van der Waals surface area (Å²) in [5, 5.41) is 9.12. The predicted octanol–water partition coefficient (Wildman–Crippen LogP) is 1.81. The van der Waals surface area contributed by atoms with E-state index in [2.05, 4.69) is 17.5 Å². The standard InChI is InChI=1S/C13H27NO2S/c1-16-10-8-14(7-9-15)11-13(12-17)5-3-2-4-6-13/h15,17H,2-12H2,1H3. The van der Waals surface area contributed by atoms with E-state index in [-0.39, 0.29) is 6.61 Å². The zero-order valence-corrected chi connectivity index (χ0v) is 11.9. The average Bonchev–Trinajstić information content (AvgIpc) is 2.37. The Morgan fingerprint density at radius 3 is 2.47 bits per heavy atom. The highest BCUT2D eigenvalue weighted by molar-refractivity contribution is 7.80. The van der Waals surface area contributed by atoms with E-state index in [0.29, 0.717) is 5.41 Å². The SMILES string of the molecule is COCCN(CCO)CC1(CS)CCCCC1. The zero-order chi connectivity index (χ0) is 12.6. The van der Waals surface area contributed by atoms with Gasteiger partial charge in [-0.1, -0.05) is 19.3 Å². The number of methoxy groups -OCH3 is 1. The van der Waals surface area contributed by atoms with Gasteiger partial charge in [-0.05, 0) is 24.0 Å². The lowest BCUT2D eigenvalue weighted by Gasteiger charge is -2.40. The van der Waals surface area contributed by atoms with Crippen molar-refractivity contribution in [2.75, 3.05) is 45.7 Å². The van der Waals surface area contributed by atoms with Crippen LogP contribution >= 0.6 is 12.6 Å². The summed E-state index contributed by atoms with van der Waals surface area (Å²) in [5.41, 5.74) is 0.365. The fourth-order valence-electron chi connectivity index (χ4n) is 2.77. The number of hydrogen-bond donors (Lipinski definition) is 2. The van der Waals surface area contributed by atoms with E-state index in [0.717, 1.165) is 32.0 Å². The van der Waals surface area contributed by atoms with Crippen LogP contribution in [0.3, 0.4) is 0 Å². The number of thiol groups is 1. The van der Waals surface area contributed by atoms with E-state index in [9.17, 15) is 0 Å². The molecular weight excluding hydrogens is 234 g/mol. The quantitative estimate of drug-likeness (QED) is 0.654. The third-order valence-electron chi connectivity index (χ3n) is 3.84. The fraction of sp³-hybridized carbons (Fsp3) is 1.00. The van der Waals surface area contributed by atoms with Crippen LogP contribution in [0.1, 0.15) is 32.1 Å². The van der Waals surface area contributed by atoms with Gasteiger partial charge in [-0.25, -0.2) is 0 Å². The van der Waals surface area contributed by atoms with Gasteiger partial charge in [0.15, 0.2) is 0 Å². The summed E-state index contributed by atoms with van der Waals surface area (Å²) in [6.07, 6.45) is 6.60. The second-order valence-electron chi connectivity index (χ2n) is 5.21. The summed E-state index contributed by atoms with van der Waals surface area (Å²) in [5.74, 6) is 0.960. The number of nitrogens with zero attached hydrogens (tertiary/aromatic N) is 1. The molecule has 1 N–H and O–H groups in total.